The van der Waals surface area contributed by atoms with E-state index in [-0.39, 0.29) is 12.0 Å². The highest BCUT2D eigenvalue weighted by atomic mass is 19.4. The lowest BCUT2D eigenvalue weighted by molar-refractivity contribution is -0.274. The molecule has 22 heavy (non-hydrogen) atoms. The minimum atomic E-state index is -4.81. The first-order chi connectivity index (χ1) is 10.2. The maximum Gasteiger partial charge on any atom is 0.573 e. The fraction of sp³-hybridized carbons (Fsp3) is 0.286. The van der Waals surface area contributed by atoms with Crippen LogP contribution in [0.1, 0.15) is 23.7 Å². The predicted octanol–water partition coefficient (Wildman–Crippen LogP) is 2.73. The summed E-state index contributed by atoms with van der Waals surface area (Å²) in [7, 11) is 0. The number of nitrogens with one attached hydrogen (secondary N) is 1. The fourth-order valence-corrected chi connectivity index (χ4v) is 1.54. The maximum absolute atomic E-state index is 12.0. The molecule has 0 saturated carbocycles. The quantitative estimate of drug-likeness (QED) is 0.791. The van der Waals surface area contributed by atoms with Gasteiger partial charge in [0.05, 0.1) is 0 Å². The number of amides is 1. The molecule has 5 nitrogen and oxygen atoms in total. The molecule has 1 rings (SSSR count). The molecule has 0 aromatic heterocycles. The molecule has 0 bridgehead atoms. The Bertz CT molecular complexity index is 552. The molecule has 0 aliphatic heterocycles. The van der Waals surface area contributed by atoms with Crippen LogP contribution in [0, 0.1) is 0 Å². The number of ether oxygens (including phenoxy) is 1. The van der Waals surface area contributed by atoms with Crippen molar-refractivity contribution in [1.82, 2.24) is 5.32 Å². The molecule has 0 saturated heterocycles. The van der Waals surface area contributed by atoms with Gasteiger partial charge in [-0.2, -0.15) is 0 Å². The van der Waals surface area contributed by atoms with Crippen LogP contribution in [0.3, 0.4) is 0 Å². The van der Waals surface area contributed by atoms with E-state index in [4.69, 9.17) is 5.11 Å². The molecule has 0 heterocycles. The number of allylic oxidation sites excluding steroid dienone is 1. The average Bonchev–Trinajstić information content (AvgIpc) is 2.42. The van der Waals surface area contributed by atoms with Crippen molar-refractivity contribution in [2.45, 2.75) is 25.7 Å². The molecule has 0 fully saturated rings. The first-order valence-electron chi connectivity index (χ1n) is 6.23. The maximum atomic E-state index is 12.0. The van der Waals surface area contributed by atoms with Crippen molar-refractivity contribution in [3.8, 4) is 5.75 Å². The highest BCUT2D eigenvalue weighted by molar-refractivity contribution is 5.96. The molecule has 1 atom stereocenters. The van der Waals surface area contributed by atoms with Gasteiger partial charge >= 0.3 is 12.3 Å². The van der Waals surface area contributed by atoms with Crippen molar-refractivity contribution in [1.29, 1.82) is 0 Å². The van der Waals surface area contributed by atoms with Crippen LogP contribution < -0.4 is 10.1 Å². The lowest BCUT2D eigenvalue weighted by Crippen LogP contribution is -2.40. The molecule has 2 N–H and O–H groups in total. The van der Waals surface area contributed by atoms with Crippen molar-refractivity contribution in [2.75, 3.05) is 0 Å². The molecule has 0 radical (unpaired) electrons. The van der Waals surface area contributed by atoms with Gasteiger partial charge in [0, 0.05) is 5.56 Å². The Labute approximate surface area is 124 Å². The Morgan fingerprint density at radius 1 is 1.32 bits per heavy atom. The number of carbonyl (C=O) groups excluding carboxylic acids is 1. The molecule has 0 aliphatic carbocycles. The Hall–Kier alpha value is -2.51. The summed E-state index contributed by atoms with van der Waals surface area (Å²) in [6.45, 7) is 1.71. The standard InChI is InChI=1S/C14H14F3NO4/c1-2-3-4-11(13(20)21)18-12(19)9-5-7-10(8-6-9)22-14(15,16)17/h2-3,5-8,11H,4H2,1H3,(H,18,19)(H,20,21)/b3-2+. The number of hydrogen-bond acceptors (Lipinski definition) is 3. The predicted molar refractivity (Wildman–Crippen MR) is 71.4 cm³/mol. The molecule has 1 aromatic rings. The largest absolute Gasteiger partial charge is 0.573 e. The minimum absolute atomic E-state index is 0.0289. The summed E-state index contributed by atoms with van der Waals surface area (Å²) >= 11 is 0. The molecule has 1 aromatic carbocycles. The van der Waals surface area contributed by atoms with E-state index in [9.17, 15) is 22.8 Å². The zero-order valence-electron chi connectivity index (χ0n) is 11.6. The van der Waals surface area contributed by atoms with Gasteiger partial charge < -0.3 is 15.2 Å². The molecule has 0 aliphatic rings. The van der Waals surface area contributed by atoms with Crippen molar-refractivity contribution in [3.63, 3.8) is 0 Å². The van der Waals surface area contributed by atoms with Gasteiger partial charge in [-0.3, -0.25) is 4.79 Å². The number of carboxylic acid groups (broad SMARTS) is 1. The first kappa shape index (κ1) is 17.5. The van der Waals surface area contributed by atoms with Crippen molar-refractivity contribution < 1.29 is 32.6 Å². The van der Waals surface area contributed by atoms with E-state index in [0.717, 1.165) is 24.3 Å². The molecule has 1 amide bonds. The van der Waals surface area contributed by atoms with Crippen LogP contribution in [0.15, 0.2) is 36.4 Å². The van der Waals surface area contributed by atoms with Crippen LogP contribution in [0.5, 0.6) is 5.75 Å². The van der Waals surface area contributed by atoms with E-state index < -0.39 is 30.0 Å². The molecule has 1 unspecified atom stereocenters. The lowest BCUT2D eigenvalue weighted by atomic mass is 10.1. The molecule has 120 valence electrons. The number of carboxylic acids is 1. The van der Waals surface area contributed by atoms with E-state index >= 15 is 0 Å². The number of alkyl halides is 3. The number of carbonyl (C=O) groups is 2. The summed E-state index contributed by atoms with van der Waals surface area (Å²) in [5.41, 5.74) is 0.0289. The van der Waals surface area contributed by atoms with Crippen molar-refractivity contribution >= 4 is 11.9 Å². The topological polar surface area (TPSA) is 75.6 Å². The lowest BCUT2D eigenvalue weighted by Gasteiger charge is -2.13. The second-order valence-electron chi connectivity index (χ2n) is 4.24. The molecular formula is C14H14F3NO4. The Kier molecular flexibility index (Phi) is 5.97. The summed E-state index contributed by atoms with van der Waals surface area (Å²) in [5.74, 6) is -2.37. The zero-order chi connectivity index (χ0) is 16.8. The minimum Gasteiger partial charge on any atom is -0.480 e. The Morgan fingerprint density at radius 2 is 1.91 bits per heavy atom. The normalized spacial score (nSPS) is 12.9. The summed E-state index contributed by atoms with van der Waals surface area (Å²) < 4.78 is 39.7. The monoisotopic (exact) mass is 317 g/mol. The summed E-state index contributed by atoms with van der Waals surface area (Å²) in [6.07, 6.45) is -1.48. The Balaban J connectivity index is 2.74. The Morgan fingerprint density at radius 3 is 2.36 bits per heavy atom. The average molecular weight is 317 g/mol. The van der Waals surface area contributed by atoms with E-state index in [1.807, 2.05) is 0 Å². The van der Waals surface area contributed by atoms with Gasteiger partial charge in [0.1, 0.15) is 11.8 Å². The van der Waals surface area contributed by atoms with Gasteiger partial charge in [-0.15, -0.1) is 13.2 Å². The van der Waals surface area contributed by atoms with E-state index in [2.05, 4.69) is 10.1 Å². The smallest absolute Gasteiger partial charge is 0.480 e. The van der Waals surface area contributed by atoms with E-state index in [1.165, 1.54) is 0 Å². The van der Waals surface area contributed by atoms with Crippen LogP contribution in [0.4, 0.5) is 13.2 Å². The second kappa shape index (κ2) is 7.48. The number of hydrogen-bond donors (Lipinski definition) is 2. The SMILES string of the molecule is C/C=C/CC(NC(=O)c1ccc(OC(F)(F)F)cc1)C(=O)O. The van der Waals surface area contributed by atoms with E-state index in [0.29, 0.717) is 0 Å². The third kappa shape index (κ3) is 5.86. The number of rotatable bonds is 6. The van der Waals surface area contributed by atoms with Gasteiger partial charge in [0.2, 0.25) is 0 Å². The van der Waals surface area contributed by atoms with Gasteiger partial charge in [0.25, 0.3) is 5.91 Å². The van der Waals surface area contributed by atoms with Gasteiger partial charge in [0.15, 0.2) is 0 Å². The number of aliphatic carboxylic acids is 1. The number of halogens is 3. The molecular weight excluding hydrogens is 303 g/mol. The first-order valence-corrected chi connectivity index (χ1v) is 6.23. The number of benzene rings is 1. The van der Waals surface area contributed by atoms with Crippen LogP contribution in [0.2, 0.25) is 0 Å². The van der Waals surface area contributed by atoms with E-state index in [1.54, 1.807) is 19.1 Å². The zero-order valence-corrected chi connectivity index (χ0v) is 11.6. The van der Waals surface area contributed by atoms with Gasteiger partial charge in [-0.05, 0) is 37.6 Å². The van der Waals surface area contributed by atoms with Crippen molar-refractivity contribution in [2.24, 2.45) is 0 Å². The molecule has 0 spiro atoms. The second-order valence-corrected chi connectivity index (χ2v) is 4.24. The van der Waals surface area contributed by atoms with Gasteiger partial charge in [-0.25, -0.2) is 4.79 Å². The van der Waals surface area contributed by atoms with Crippen LogP contribution >= 0.6 is 0 Å². The summed E-state index contributed by atoms with van der Waals surface area (Å²) in [4.78, 5) is 22.8. The molecule has 8 heteroatoms. The van der Waals surface area contributed by atoms with Gasteiger partial charge in [-0.1, -0.05) is 12.2 Å². The van der Waals surface area contributed by atoms with Crippen molar-refractivity contribution in [3.05, 3.63) is 42.0 Å². The van der Waals surface area contributed by atoms with Crippen LogP contribution in [0.25, 0.3) is 0 Å². The van der Waals surface area contributed by atoms with Crippen LogP contribution in [-0.4, -0.2) is 29.4 Å². The summed E-state index contributed by atoms with van der Waals surface area (Å²) in [5, 5.41) is 11.3. The third-order valence-corrected chi connectivity index (χ3v) is 2.56. The highest BCUT2D eigenvalue weighted by Gasteiger charge is 2.31. The van der Waals surface area contributed by atoms with Crippen LogP contribution in [-0.2, 0) is 4.79 Å². The fourth-order valence-electron chi connectivity index (χ4n) is 1.54. The highest BCUT2D eigenvalue weighted by Crippen LogP contribution is 2.22. The third-order valence-electron chi connectivity index (χ3n) is 2.56. The summed E-state index contributed by atoms with van der Waals surface area (Å²) in [6, 6.07) is 3.07.